The third-order valence-electron chi connectivity index (χ3n) is 3.53. The first-order valence-corrected chi connectivity index (χ1v) is 6.74. The zero-order valence-electron chi connectivity index (χ0n) is 11.5. The molecule has 1 N–H and O–H groups in total. The van der Waals surface area contributed by atoms with Crippen LogP contribution in [-0.4, -0.2) is 62.7 Å². The highest BCUT2D eigenvalue weighted by Gasteiger charge is 2.29. The fourth-order valence-corrected chi connectivity index (χ4v) is 2.91. The van der Waals surface area contributed by atoms with Crippen molar-refractivity contribution in [3.8, 4) is 0 Å². The van der Waals surface area contributed by atoms with Crippen LogP contribution in [0.25, 0.3) is 0 Å². The van der Waals surface area contributed by atoms with Crippen molar-refractivity contribution in [3.63, 3.8) is 0 Å². The average Bonchev–Trinajstić information content (AvgIpc) is 2.64. The van der Waals surface area contributed by atoms with Crippen molar-refractivity contribution >= 4 is 0 Å². The second kappa shape index (κ2) is 7.25. The lowest BCUT2D eigenvalue weighted by molar-refractivity contribution is 0.143. The van der Waals surface area contributed by atoms with Crippen LogP contribution >= 0.6 is 0 Å². The van der Waals surface area contributed by atoms with E-state index in [1.807, 2.05) is 0 Å². The maximum atomic E-state index is 3.35. The first kappa shape index (κ1) is 13.9. The first-order chi connectivity index (χ1) is 7.69. The molecule has 0 aromatic heterocycles. The molecule has 96 valence electrons. The molecule has 1 fully saturated rings. The van der Waals surface area contributed by atoms with Crippen molar-refractivity contribution < 1.29 is 0 Å². The lowest BCUT2D eigenvalue weighted by Gasteiger charge is -2.34. The molecule has 0 spiro atoms. The largest absolute Gasteiger partial charge is 0.318 e. The second-order valence-electron chi connectivity index (χ2n) is 5.30. The molecule has 0 amide bonds. The molecule has 2 atom stereocenters. The zero-order chi connectivity index (χ0) is 12.0. The van der Waals surface area contributed by atoms with E-state index in [4.69, 9.17) is 0 Å². The highest BCUT2D eigenvalue weighted by molar-refractivity contribution is 4.86. The Balaban J connectivity index is 2.52. The van der Waals surface area contributed by atoms with E-state index in [0.717, 1.165) is 18.6 Å². The highest BCUT2D eigenvalue weighted by Crippen LogP contribution is 2.22. The monoisotopic (exact) mass is 227 g/mol. The van der Waals surface area contributed by atoms with Crippen molar-refractivity contribution in [2.75, 3.05) is 40.8 Å². The minimum atomic E-state index is 0.738. The summed E-state index contributed by atoms with van der Waals surface area (Å²) in [4.78, 5) is 5.06. The van der Waals surface area contributed by atoms with Crippen LogP contribution in [0.5, 0.6) is 0 Å². The van der Waals surface area contributed by atoms with E-state index in [1.165, 1.54) is 38.8 Å². The van der Waals surface area contributed by atoms with E-state index in [-0.39, 0.29) is 0 Å². The molecule has 1 aliphatic rings. The summed E-state index contributed by atoms with van der Waals surface area (Å²) >= 11 is 0. The number of likely N-dealkylation sites (tertiary alicyclic amines) is 1. The maximum absolute atomic E-state index is 3.35. The van der Waals surface area contributed by atoms with Crippen molar-refractivity contribution in [1.82, 2.24) is 15.1 Å². The lowest BCUT2D eigenvalue weighted by Crippen LogP contribution is -2.47. The molecule has 0 aromatic rings. The van der Waals surface area contributed by atoms with Gasteiger partial charge in [0.1, 0.15) is 0 Å². The quantitative estimate of drug-likeness (QED) is 0.709. The van der Waals surface area contributed by atoms with Gasteiger partial charge in [0.15, 0.2) is 0 Å². The van der Waals surface area contributed by atoms with Gasteiger partial charge in [0.2, 0.25) is 0 Å². The van der Waals surface area contributed by atoms with Gasteiger partial charge < -0.3 is 10.2 Å². The van der Waals surface area contributed by atoms with E-state index in [1.54, 1.807) is 0 Å². The van der Waals surface area contributed by atoms with E-state index in [2.05, 4.69) is 43.2 Å². The summed E-state index contributed by atoms with van der Waals surface area (Å²) in [5, 5.41) is 3.35. The van der Waals surface area contributed by atoms with Crippen LogP contribution < -0.4 is 5.32 Å². The molecular formula is C13H29N3. The minimum absolute atomic E-state index is 0.738. The van der Waals surface area contributed by atoms with Gasteiger partial charge in [0.25, 0.3) is 0 Å². The molecule has 1 saturated heterocycles. The molecule has 0 aliphatic carbocycles. The highest BCUT2D eigenvalue weighted by atomic mass is 15.2. The van der Waals surface area contributed by atoms with Crippen molar-refractivity contribution in [3.05, 3.63) is 0 Å². The Morgan fingerprint density at radius 1 is 1.44 bits per heavy atom. The van der Waals surface area contributed by atoms with Crippen molar-refractivity contribution in [2.45, 2.75) is 44.7 Å². The fourth-order valence-electron chi connectivity index (χ4n) is 2.91. The molecule has 16 heavy (non-hydrogen) atoms. The molecule has 3 heteroatoms. The zero-order valence-corrected chi connectivity index (χ0v) is 11.5. The second-order valence-corrected chi connectivity index (χ2v) is 5.30. The van der Waals surface area contributed by atoms with Gasteiger partial charge in [-0.3, -0.25) is 4.90 Å². The normalized spacial score (nSPS) is 24.2. The number of likely N-dealkylation sites (N-methyl/N-ethyl adjacent to an activating group) is 2. The Labute approximate surface area is 101 Å². The van der Waals surface area contributed by atoms with Crippen LogP contribution in [0, 0.1) is 0 Å². The standard InChI is InChI=1S/C13H29N3/c1-5-7-12(10-14-2)16-9-6-8-13(16)11-15(3)4/h12-14H,5-11H2,1-4H3. The minimum Gasteiger partial charge on any atom is -0.318 e. The maximum Gasteiger partial charge on any atom is 0.0226 e. The molecule has 0 saturated carbocycles. The average molecular weight is 227 g/mol. The van der Waals surface area contributed by atoms with Crippen LogP contribution in [0.2, 0.25) is 0 Å². The van der Waals surface area contributed by atoms with Crippen LogP contribution in [-0.2, 0) is 0 Å². The molecule has 1 rings (SSSR count). The van der Waals surface area contributed by atoms with E-state index in [0.29, 0.717) is 0 Å². The third-order valence-corrected chi connectivity index (χ3v) is 3.53. The summed E-state index contributed by atoms with van der Waals surface area (Å²) in [6, 6.07) is 1.52. The number of hydrogen-bond donors (Lipinski definition) is 1. The number of hydrogen-bond acceptors (Lipinski definition) is 3. The summed E-state index contributed by atoms with van der Waals surface area (Å²) in [6.45, 7) is 5.94. The summed E-state index contributed by atoms with van der Waals surface area (Å²) in [5.74, 6) is 0. The van der Waals surface area contributed by atoms with Crippen LogP contribution in [0.4, 0.5) is 0 Å². The van der Waals surface area contributed by atoms with Crippen LogP contribution in [0.3, 0.4) is 0 Å². The lowest BCUT2D eigenvalue weighted by atomic mass is 10.1. The number of nitrogens with one attached hydrogen (secondary N) is 1. The molecule has 2 unspecified atom stereocenters. The van der Waals surface area contributed by atoms with E-state index in [9.17, 15) is 0 Å². The predicted molar refractivity (Wildman–Crippen MR) is 70.9 cm³/mol. The topological polar surface area (TPSA) is 18.5 Å². The molecule has 0 aromatic carbocycles. The number of nitrogens with zero attached hydrogens (tertiary/aromatic N) is 2. The first-order valence-electron chi connectivity index (χ1n) is 6.74. The summed E-state index contributed by atoms with van der Waals surface area (Å²) in [5.41, 5.74) is 0. The summed E-state index contributed by atoms with van der Waals surface area (Å²) < 4.78 is 0. The van der Waals surface area contributed by atoms with Gasteiger partial charge >= 0.3 is 0 Å². The summed E-state index contributed by atoms with van der Waals surface area (Å²) in [7, 11) is 6.44. The van der Waals surface area contributed by atoms with Gasteiger partial charge in [-0.2, -0.15) is 0 Å². The Morgan fingerprint density at radius 3 is 2.75 bits per heavy atom. The van der Waals surface area contributed by atoms with Gasteiger partial charge in [-0.25, -0.2) is 0 Å². The van der Waals surface area contributed by atoms with Gasteiger partial charge in [0, 0.05) is 25.2 Å². The van der Waals surface area contributed by atoms with Crippen molar-refractivity contribution in [2.24, 2.45) is 0 Å². The van der Waals surface area contributed by atoms with Crippen LogP contribution in [0.1, 0.15) is 32.6 Å². The molecule has 1 heterocycles. The molecule has 0 bridgehead atoms. The summed E-state index contributed by atoms with van der Waals surface area (Å²) in [6.07, 6.45) is 5.37. The van der Waals surface area contributed by atoms with Gasteiger partial charge in [-0.15, -0.1) is 0 Å². The van der Waals surface area contributed by atoms with Crippen molar-refractivity contribution in [1.29, 1.82) is 0 Å². The third kappa shape index (κ3) is 4.04. The Morgan fingerprint density at radius 2 is 2.19 bits per heavy atom. The van der Waals surface area contributed by atoms with Gasteiger partial charge in [-0.05, 0) is 47.0 Å². The Kier molecular flexibility index (Phi) is 6.32. The molecule has 3 nitrogen and oxygen atoms in total. The predicted octanol–water partition coefficient (Wildman–Crippen LogP) is 1.40. The number of rotatable bonds is 7. The smallest absolute Gasteiger partial charge is 0.0226 e. The fraction of sp³-hybridized carbons (Fsp3) is 1.00. The van der Waals surface area contributed by atoms with Gasteiger partial charge in [-0.1, -0.05) is 13.3 Å². The van der Waals surface area contributed by atoms with E-state index < -0.39 is 0 Å². The Bertz CT molecular complexity index is 176. The Hall–Kier alpha value is -0.120. The molecule has 1 aliphatic heterocycles. The van der Waals surface area contributed by atoms with Crippen LogP contribution in [0.15, 0.2) is 0 Å². The molecular weight excluding hydrogens is 198 g/mol. The van der Waals surface area contributed by atoms with E-state index >= 15 is 0 Å². The SMILES string of the molecule is CCCC(CNC)N1CCCC1CN(C)C. The molecule has 0 radical (unpaired) electrons. The van der Waals surface area contributed by atoms with Gasteiger partial charge in [0.05, 0.1) is 0 Å².